The lowest BCUT2D eigenvalue weighted by Gasteiger charge is -2.07. The fourth-order valence-corrected chi connectivity index (χ4v) is 3.76. The molecule has 0 bridgehead atoms. The number of carbonyl (C=O) groups excluding carboxylic acids is 2. The molecule has 0 aliphatic rings. The van der Waals surface area contributed by atoms with Gasteiger partial charge in [0, 0.05) is 33.0 Å². The Morgan fingerprint density at radius 2 is 1.69 bits per heavy atom. The third-order valence-corrected chi connectivity index (χ3v) is 5.31. The molecule has 0 aliphatic carbocycles. The highest BCUT2D eigenvalue weighted by Gasteiger charge is 2.19. The molecule has 3 aromatic rings. The lowest BCUT2D eigenvalue weighted by Crippen LogP contribution is -2.09. The maximum atomic E-state index is 14.8. The van der Waals surface area contributed by atoms with Crippen LogP contribution in [0.1, 0.15) is 25.8 Å². The van der Waals surface area contributed by atoms with Crippen molar-refractivity contribution in [3.63, 3.8) is 0 Å². The number of carbonyl (C=O) groups is 2. The number of rotatable bonds is 4. The maximum Gasteiger partial charge on any atom is 0.338 e. The summed E-state index contributed by atoms with van der Waals surface area (Å²) in [6, 6.07) is 6.67. The molecule has 0 saturated heterocycles. The largest absolute Gasteiger partial charge is 0.426 e. The van der Waals surface area contributed by atoms with E-state index in [9.17, 15) is 14.0 Å². The molecule has 0 radical (unpaired) electrons. The van der Waals surface area contributed by atoms with Crippen molar-refractivity contribution >= 4 is 43.4 Å². The molecule has 0 saturated carbocycles. The molecule has 2 aromatic carbocycles. The van der Waals surface area contributed by atoms with Crippen LogP contribution in [0, 0.1) is 12.7 Å². The van der Waals surface area contributed by atoms with Crippen LogP contribution in [0.2, 0.25) is 0 Å². The summed E-state index contributed by atoms with van der Waals surface area (Å²) in [4.78, 5) is 23.2. The molecule has 26 heavy (non-hydrogen) atoms. The van der Waals surface area contributed by atoms with Crippen LogP contribution in [-0.2, 0) is 9.59 Å². The first-order valence-corrected chi connectivity index (χ1v) is 8.87. The van der Waals surface area contributed by atoms with Gasteiger partial charge in [-0.25, -0.2) is 9.18 Å². The van der Waals surface area contributed by atoms with E-state index in [1.165, 1.54) is 24.3 Å². The molecule has 0 N–H and O–H groups in total. The molecule has 0 fully saturated rings. The average Bonchev–Trinajstić information content (AvgIpc) is 2.99. The molecule has 6 heteroatoms. The van der Waals surface area contributed by atoms with E-state index >= 15 is 0 Å². The number of ether oxygens (including phenoxy) is 2. The monoisotopic (exact) mass is 372 g/mol. The number of aryl methyl sites for hydroxylation is 1. The molecule has 4 nitrogen and oxygen atoms in total. The third kappa shape index (κ3) is 3.08. The van der Waals surface area contributed by atoms with Crippen molar-refractivity contribution in [1.29, 1.82) is 0 Å². The molecular weight excluding hydrogens is 355 g/mol. The first-order chi connectivity index (χ1) is 12.3. The van der Waals surface area contributed by atoms with Crippen molar-refractivity contribution in [2.75, 3.05) is 0 Å². The minimum absolute atomic E-state index is 0.132. The summed E-state index contributed by atoms with van der Waals surface area (Å²) in [5.74, 6) is -1.26. The minimum Gasteiger partial charge on any atom is -0.426 e. The van der Waals surface area contributed by atoms with E-state index in [-0.39, 0.29) is 23.7 Å². The van der Waals surface area contributed by atoms with E-state index in [2.05, 4.69) is 6.58 Å². The minimum atomic E-state index is -0.672. The van der Waals surface area contributed by atoms with Crippen LogP contribution in [0.4, 0.5) is 4.39 Å². The van der Waals surface area contributed by atoms with Crippen molar-refractivity contribution in [1.82, 2.24) is 0 Å². The van der Waals surface area contributed by atoms with E-state index in [4.69, 9.17) is 9.47 Å². The smallest absolute Gasteiger partial charge is 0.338 e. The molecule has 3 rings (SSSR count). The quantitative estimate of drug-likeness (QED) is 0.354. The van der Waals surface area contributed by atoms with Gasteiger partial charge in [-0.05, 0) is 38.1 Å². The number of benzene rings is 2. The van der Waals surface area contributed by atoms with E-state index in [1.54, 1.807) is 25.1 Å². The van der Waals surface area contributed by atoms with Crippen molar-refractivity contribution in [3.8, 4) is 11.5 Å². The van der Waals surface area contributed by atoms with Crippen LogP contribution in [0.3, 0.4) is 0 Å². The summed E-state index contributed by atoms with van der Waals surface area (Å²) in [5, 5.41) is 1.57. The summed E-state index contributed by atoms with van der Waals surface area (Å²) in [6.07, 6.45) is 0.274. The molecule has 1 heterocycles. The Kier molecular flexibility index (Phi) is 4.78. The van der Waals surface area contributed by atoms with Gasteiger partial charge in [0.15, 0.2) is 11.6 Å². The predicted octanol–water partition coefficient (Wildman–Crippen LogP) is 5.30. The zero-order valence-electron chi connectivity index (χ0n) is 14.6. The van der Waals surface area contributed by atoms with E-state index in [1.807, 2.05) is 6.92 Å². The molecule has 0 amide bonds. The lowest BCUT2D eigenvalue weighted by atomic mass is 10.1. The van der Waals surface area contributed by atoms with Crippen LogP contribution in [0.5, 0.6) is 11.5 Å². The van der Waals surface area contributed by atoms with E-state index in [0.29, 0.717) is 15.8 Å². The van der Waals surface area contributed by atoms with Crippen LogP contribution < -0.4 is 9.47 Å². The van der Waals surface area contributed by atoms with Gasteiger partial charge in [0.2, 0.25) is 0 Å². The topological polar surface area (TPSA) is 52.6 Å². The van der Waals surface area contributed by atoms with Crippen molar-refractivity contribution in [2.45, 2.75) is 27.2 Å². The number of hydrogen-bond acceptors (Lipinski definition) is 5. The molecular formula is C20H17FO4S. The number of esters is 2. The van der Waals surface area contributed by atoms with Crippen LogP contribution in [-0.4, -0.2) is 11.9 Å². The first-order valence-electron chi connectivity index (χ1n) is 8.06. The van der Waals surface area contributed by atoms with Gasteiger partial charge in [-0.15, -0.1) is 11.3 Å². The Hall–Kier alpha value is -2.73. The number of hydrogen-bond donors (Lipinski definition) is 0. The number of thiophene rings is 1. The fraction of sp³-hybridized carbons (Fsp3) is 0.200. The van der Waals surface area contributed by atoms with Gasteiger partial charge < -0.3 is 9.47 Å². The summed E-state index contributed by atoms with van der Waals surface area (Å²) in [5.41, 5.74) is 0.962. The van der Waals surface area contributed by atoms with E-state index in [0.717, 1.165) is 15.6 Å². The maximum absolute atomic E-state index is 14.8. The molecule has 0 unspecified atom stereocenters. The highest BCUT2D eigenvalue weighted by Crippen LogP contribution is 2.42. The van der Waals surface area contributed by atoms with Crippen LogP contribution >= 0.6 is 11.3 Å². The van der Waals surface area contributed by atoms with Crippen molar-refractivity contribution in [3.05, 3.63) is 47.8 Å². The highest BCUT2D eigenvalue weighted by atomic mass is 32.1. The average molecular weight is 372 g/mol. The highest BCUT2D eigenvalue weighted by molar-refractivity contribution is 7.26. The summed E-state index contributed by atoms with van der Waals surface area (Å²) < 4.78 is 26.4. The van der Waals surface area contributed by atoms with Crippen LogP contribution in [0.25, 0.3) is 20.2 Å². The Balaban J connectivity index is 2.13. The molecule has 1 aromatic heterocycles. The fourth-order valence-electron chi connectivity index (χ4n) is 2.54. The standard InChI is InChI=1S/C20H17FO4S/c1-5-16(22)24-14-8-6-12-13-7-9-15(25-20(23)10(2)3)17(21)19(13)26-18(12)11(14)4/h6-9H,2,5H2,1,3-4H3. The Morgan fingerprint density at radius 3 is 2.31 bits per heavy atom. The van der Waals surface area contributed by atoms with Gasteiger partial charge in [-0.1, -0.05) is 13.5 Å². The number of fused-ring (bicyclic) bond motifs is 3. The lowest BCUT2D eigenvalue weighted by molar-refractivity contribution is -0.134. The van der Waals surface area contributed by atoms with Gasteiger partial charge >= 0.3 is 11.9 Å². The molecule has 0 aliphatic heterocycles. The SMILES string of the molecule is C=C(C)C(=O)Oc1ccc2c(sc3c(C)c(OC(=O)CC)ccc32)c1F. The second-order valence-electron chi connectivity index (χ2n) is 5.92. The summed E-state index contributed by atoms with van der Waals surface area (Å²) >= 11 is 1.23. The van der Waals surface area contributed by atoms with Crippen molar-refractivity contribution in [2.24, 2.45) is 0 Å². The number of halogens is 1. The zero-order chi connectivity index (χ0) is 19.0. The predicted molar refractivity (Wildman–Crippen MR) is 100 cm³/mol. The van der Waals surface area contributed by atoms with Gasteiger partial charge in [0.1, 0.15) is 5.75 Å². The second-order valence-corrected chi connectivity index (χ2v) is 6.94. The second kappa shape index (κ2) is 6.88. The molecule has 134 valence electrons. The van der Waals surface area contributed by atoms with Gasteiger partial charge in [-0.3, -0.25) is 4.79 Å². The van der Waals surface area contributed by atoms with Crippen molar-refractivity contribution < 1.29 is 23.5 Å². The zero-order valence-corrected chi connectivity index (χ0v) is 15.5. The molecule has 0 spiro atoms. The normalized spacial score (nSPS) is 10.9. The summed E-state index contributed by atoms with van der Waals surface area (Å²) in [7, 11) is 0. The third-order valence-electron chi connectivity index (χ3n) is 3.98. The Labute approximate surface area is 153 Å². The van der Waals surface area contributed by atoms with Gasteiger partial charge in [-0.2, -0.15) is 0 Å². The first kappa shape index (κ1) is 18.1. The van der Waals surface area contributed by atoms with Crippen LogP contribution in [0.15, 0.2) is 36.4 Å². The van der Waals surface area contributed by atoms with Gasteiger partial charge in [0.25, 0.3) is 0 Å². The molecule has 0 atom stereocenters. The van der Waals surface area contributed by atoms with Gasteiger partial charge in [0.05, 0.1) is 4.70 Å². The van der Waals surface area contributed by atoms with E-state index < -0.39 is 11.8 Å². The Bertz CT molecular complexity index is 1060. The summed E-state index contributed by atoms with van der Waals surface area (Å²) in [6.45, 7) is 8.55. The Morgan fingerprint density at radius 1 is 1.08 bits per heavy atom.